The van der Waals surface area contributed by atoms with Crippen molar-refractivity contribution in [1.82, 2.24) is 5.32 Å². The summed E-state index contributed by atoms with van der Waals surface area (Å²) in [6, 6.07) is 0.629. The second-order valence-electron chi connectivity index (χ2n) is 5.60. The molecule has 0 bridgehead atoms. The van der Waals surface area contributed by atoms with Gasteiger partial charge in [-0.05, 0) is 39.5 Å². The van der Waals surface area contributed by atoms with Crippen molar-refractivity contribution in [2.24, 2.45) is 0 Å². The topological polar surface area (TPSA) is 30.5 Å². The van der Waals surface area contributed by atoms with Gasteiger partial charge in [0.1, 0.15) is 0 Å². The fraction of sp³-hybridized carbons (Fsp3) is 1.00. The first-order valence-corrected chi connectivity index (χ1v) is 7.23. The molecule has 2 aliphatic rings. The fourth-order valence-electron chi connectivity index (χ4n) is 3.25. The monoisotopic (exact) mass is 241 g/mol. The molecule has 1 aliphatic carbocycles. The van der Waals surface area contributed by atoms with Gasteiger partial charge in [0.05, 0.1) is 11.7 Å². The van der Waals surface area contributed by atoms with E-state index in [1.165, 1.54) is 32.1 Å². The minimum absolute atomic E-state index is 0.227. The lowest BCUT2D eigenvalue weighted by Crippen LogP contribution is -2.47. The zero-order valence-corrected chi connectivity index (χ0v) is 11.3. The van der Waals surface area contributed by atoms with Gasteiger partial charge in [0, 0.05) is 25.8 Å². The Hall–Kier alpha value is -0.120. The predicted molar refractivity (Wildman–Crippen MR) is 69.3 cm³/mol. The van der Waals surface area contributed by atoms with Crippen molar-refractivity contribution in [2.45, 2.75) is 70.1 Å². The Morgan fingerprint density at radius 1 is 1.41 bits per heavy atom. The first kappa shape index (κ1) is 13.3. The average molecular weight is 241 g/mol. The van der Waals surface area contributed by atoms with E-state index >= 15 is 0 Å². The zero-order chi connectivity index (χ0) is 12.1. The van der Waals surface area contributed by atoms with E-state index in [-0.39, 0.29) is 5.60 Å². The number of hydrogen-bond donors (Lipinski definition) is 1. The van der Waals surface area contributed by atoms with Gasteiger partial charge in [-0.15, -0.1) is 0 Å². The summed E-state index contributed by atoms with van der Waals surface area (Å²) in [6.45, 7) is 6.90. The maximum absolute atomic E-state index is 6.04. The highest BCUT2D eigenvalue weighted by molar-refractivity contribution is 4.93. The molecular weight excluding hydrogens is 214 g/mol. The highest BCUT2D eigenvalue weighted by Gasteiger charge is 2.39. The lowest BCUT2D eigenvalue weighted by molar-refractivity contribution is -0.0847. The van der Waals surface area contributed by atoms with Gasteiger partial charge < -0.3 is 14.8 Å². The molecule has 2 atom stereocenters. The standard InChI is InChI=1S/C14H27NO2/c1-3-16-12(2)11-15-13-6-9-17-14(10-13)7-4-5-8-14/h12-13,15H,3-11H2,1-2H3. The maximum atomic E-state index is 6.04. The summed E-state index contributed by atoms with van der Waals surface area (Å²) < 4.78 is 11.6. The molecule has 0 amide bonds. The minimum atomic E-state index is 0.227. The molecule has 2 rings (SSSR count). The molecule has 1 N–H and O–H groups in total. The van der Waals surface area contributed by atoms with Crippen LogP contribution in [0.25, 0.3) is 0 Å². The maximum Gasteiger partial charge on any atom is 0.0697 e. The molecule has 17 heavy (non-hydrogen) atoms. The van der Waals surface area contributed by atoms with E-state index in [0.29, 0.717) is 12.1 Å². The van der Waals surface area contributed by atoms with Crippen LogP contribution in [0.4, 0.5) is 0 Å². The predicted octanol–water partition coefficient (Wildman–Crippen LogP) is 2.49. The zero-order valence-electron chi connectivity index (χ0n) is 11.3. The first-order valence-electron chi connectivity index (χ1n) is 7.23. The van der Waals surface area contributed by atoms with Crippen molar-refractivity contribution in [3.63, 3.8) is 0 Å². The Bertz CT molecular complexity index is 226. The third kappa shape index (κ3) is 3.67. The Balaban J connectivity index is 1.74. The first-order chi connectivity index (χ1) is 8.24. The average Bonchev–Trinajstić information content (AvgIpc) is 2.75. The Labute approximate surface area is 105 Å². The Kier molecular flexibility index (Phi) is 4.83. The van der Waals surface area contributed by atoms with E-state index in [4.69, 9.17) is 9.47 Å². The quantitative estimate of drug-likeness (QED) is 0.802. The van der Waals surface area contributed by atoms with Crippen molar-refractivity contribution in [2.75, 3.05) is 19.8 Å². The Morgan fingerprint density at radius 2 is 2.18 bits per heavy atom. The molecule has 1 saturated carbocycles. The molecule has 1 heterocycles. The lowest BCUT2D eigenvalue weighted by Gasteiger charge is -2.39. The summed E-state index contributed by atoms with van der Waals surface area (Å²) in [5.41, 5.74) is 0.227. The van der Waals surface area contributed by atoms with Crippen LogP contribution in [0.2, 0.25) is 0 Å². The van der Waals surface area contributed by atoms with Gasteiger partial charge in [0.2, 0.25) is 0 Å². The molecule has 1 spiro atoms. The number of rotatable bonds is 5. The second-order valence-corrected chi connectivity index (χ2v) is 5.60. The molecule has 2 unspecified atom stereocenters. The van der Waals surface area contributed by atoms with Gasteiger partial charge in [-0.25, -0.2) is 0 Å². The SMILES string of the molecule is CCOC(C)CNC1CCOC2(CCCC2)C1. The molecule has 0 radical (unpaired) electrons. The Morgan fingerprint density at radius 3 is 2.88 bits per heavy atom. The second kappa shape index (κ2) is 6.17. The van der Waals surface area contributed by atoms with Crippen molar-refractivity contribution in [3.8, 4) is 0 Å². The molecule has 1 aliphatic heterocycles. The summed E-state index contributed by atoms with van der Waals surface area (Å²) in [7, 11) is 0. The van der Waals surface area contributed by atoms with Crippen LogP contribution in [-0.2, 0) is 9.47 Å². The van der Waals surface area contributed by atoms with Crippen LogP contribution in [0, 0.1) is 0 Å². The van der Waals surface area contributed by atoms with Gasteiger partial charge in [-0.1, -0.05) is 12.8 Å². The van der Waals surface area contributed by atoms with Crippen LogP contribution in [-0.4, -0.2) is 37.5 Å². The third-order valence-electron chi connectivity index (χ3n) is 4.15. The number of ether oxygens (including phenoxy) is 2. The van der Waals surface area contributed by atoms with Crippen LogP contribution in [0.1, 0.15) is 52.4 Å². The van der Waals surface area contributed by atoms with E-state index in [9.17, 15) is 0 Å². The summed E-state index contributed by atoms with van der Waals surface area (Å²) in [5.74, 6) is 0. The molecule has 100 valence electrons. The van der Waals surface area contributed by atoms with Crippen molar-refractivity contribution < 1.29 is 9.47 Å². The van der Waals surface area contributed by atoms with Crippen molar-refractivity contribution in [3.05, 3.63) is 0 Å². The molecule has 0 aromatic rings. The summed E-state index contributed by atoms with van der Waals surface area (Å²) >= 11 is 0. The van der Waals surface area contributed by atoms with Crippen molar-refractivity contribution in [1.29, 1.82) is 0 Å². The van der Waals surface area contributed by atoms with Crippen LogP contribution in [0.5, 0.6) is 0 Å². The minimum Gasteiger partial charge on any atom is -0.377 e. The summed E-state index contributed by atoms with van der Waals surface area (Å²) in [4.78, 5) is 0. The molecule has 1 saturated heterocycles. The van der Waals surface area contributed by atoms with E-state index < -0.39 is 0 Å². The van der Waals surface area contributed by atoms with Crippen LogP contribution < -0.4 is 5.32 Å². The number of hydrogen-bond acceptors (Lipinski definition) is 3. The highest BCUT2D eigenvalue weighted by atomic mass is 16.5. The van der Waals surface area contributed by atoms with Crippen molar-refractivity contribution >= 4 is 0 Å². The van der Waals surface area contributed by atoms with Gasteiger partial charge in [0.15, 0.2) is 0 Å². The van der Waals surface area contributed by atoms with Crippen LogP contribution in [0.15, 0.2) is 0 Å². The molecule has 3 nitrogen and oxygen atoms in total. The molecule has 2 fully saturated rings. The van der Waals surface area contributed by atoms with Gasteiger partial charge >= 0.3 is 0 Å². The molecule has 0 aromatic carbocycles. The van der Waals surface area contributed by atoms with Gasteiger partial charge in [-0.3, -0.25) is 0 Å². The van der Waals surface area contributed by atoms with E-state index in [1.807, 2.05) is 0 Å². The van der Waals surface area contributed by atoms with Crippen LogP contribution in [0.3, 0.4) is 0 Å². The highest BCUT2D eigenvalue weighted by Crippen LogP contribution is 2.39. The van der Waals surface area contributed by atoms with Gasteiger partial charge in [-0.2, -0.15) is 0 Å². The fourth-order valence-corrected chi connectivity index (χ4v) is 3.25. The summed E-state index contributed by atoms with van der Waals surface area (Å²) in [6.07, 6.45) is 7.91. The largest absolute Gasteiger partial charge is 0.377 e. The van der Waals surface area contributed by atoms with E-state index in [0.717, 1.165) is 26.2 Å². The third-order valence-corrected chi connectivity index (χ3v) is 4.15. The van der Waals surface area contributed by atoms with E-state index in [2.05, 4.69) is 19.2 Å². The van der Waals surface area contributed by atoms with Crippen LogP contribution >= 0.6 is 0 Å². The molecule has 3 heteroatoms. The normalized spacial score (nSPS) is 29.6. The summed E-state index contributed by atoms with van der Waals surface area (Å²) in [5, 5.41) is 3.65. The molecular formula is C14H27NO2. The number of nitrogens with one attached hydrogen (secondary N) is 1. The smallest absolute Gasteiger partial charge is 0.0697 e. The van der Waals surface area contributed by atoms with E-state index in [1.54, 1.807) is 0 Å². The molecule has 0 aromatic heterocycles. The lowest BCUT2D eigenvalue weighted by atomic mass is 9.89. The van der Waals surface area contributed by atoms with Gasteiger partial charge in [0.25, 0.3) is 0 Å².